The van der Waals surface area contributed by atoms with E-state index in [9.17, 15) is 4.79 Å². The van der Waals surface area contributed by atoms with Crippen LogP contribution in [0.4, 0.5) is 0 Å². The molecule has 0 unspecified atom stereocenters. The van der Waals surface area contributed by atoms with Gasteiger partial charge in [-0.15, -0.1) is 5.10 Å². The number of amides is 1. The van der Waals surface area contributed by atoms with Gasteiger partial charge in [0, 0.05) is 18.9 Å². The zero-order valence-electron chi connectivity index (χ0n) is 11.2. The van der Waals surface area contributed by atoms with Crippen molar-refractivity contribution < 1.29 is 4.79 Å². The molecule has 0 saturated carbocycles. The Hall–Kier alpha value is -2.25. The van der Waals surface area contributed by atoms with Gasteiger partial charge in [0.1, 0.15) is 12.9 Å². The van der Waals surface area contributed by atoms with Crippen molar-refractivity contribution in [2.45, 2.75) is 38.4 Å². The van der Waals surface area contributed by atoms with Crippen molar-refractivity contribution in [1.82, 2.24) is 34.9 Å². The van der Waals surface area contributed by atoms with Gasteiger partial charge in [-0.25, -0.2) is 4.68 Å². The fraction of sp³-hybridized carbons (Fsp3) is 0.583. The Labute approximate surface area is 116 Å². The van der Waals surface area contributed by atoms with Crippen LogP contribution in [0.2, 0.25) is 0 Å². The highest BCUT2D eigenvalue weighted by Crippen LogP contribution is 2.18. The van der Waals surface area contributed by atoms with Crippen LogP contribution in [0.5, 0.6) is 0 Å². The molecule has 3 rings (SSSR count). The Bertz CT molecular complexity index is 536. The lowest BCUT2D eigenvalue weighted by Gasteiger charge is -2.35. The summed E-state index contributed by atoms with van der Waals surface area (Å²) in [6.07, 6.45) is 8.37. The largest absolute Gasteiger partial charge is 0.336 e. The Balaban J connectivity index is 1.66. The van der Waals surface area contributed by atoms with Crippen LogP contribution < -0.4 is 0 Å². The fourth-order valence-corrected chi connectivity index (χ4v) is 2.63. The molecule has 1 amide bonds. The van der Waals surface area contributed by atoms with Gasteiger partial charge >= 0.3 is 0 Å². The fourth-order valence-electron chi connectivity index (χ4n) is 2.63. The number of likely N-dealkylation sites (tertiary alicyclic amines) is 1. The number of hydrogen-bond acceptors (Lipinski definition) is 5. The maximum absolute atomic E-state index is 12.4. The van der Waals surface area contributed by atoms with Crippen LogP contribution >= 0.6 is 0 Å². The Morgan fingerprint density at radius 1 is 1.30 bits per heavy atom. The van der Waals surface area contributed by atoms with Crippen molar-refractivity contribution in [3.63, 3.8) is 0 Å². The summed E-state index contributed by atoms with van der Waals surface area (Å²) in [5.74, 6) is 0.0640. The molecule has 1 saturated heterocycles. The lowest BCUT2D eigenvalue weighted by atomic mass is 10.0. The van der Waals surface area contributed by atoms with E-state index in [4.69, 9.17) is 0 Å². The van der Waals surface area contributed by atoms with Gasteiger partial charge in [-0.1, -0.05) is 0 Å². The van der Waals surface area contributed by atoms with Gasteiger partial charge < -0.3 is 4.90 Å². The first-order chi connectivity index (χ1) is 9.83. The lowest BCUT2D eigenvalue weighted by Crippen LogP contribution is -2.47. The second-order valence-corrected chi connectivity index (χ2v) is 4.97. The maximum atomic E-state index is 12.4. The minimum atomic E-state index is 0.0640. The first-order valence-corrected chi connectivity index (χ1v) is 6.80. The SMILES string of the molecule is O=C(Cn1cnnn1)N1CCCC[C@@H]1Cn1cccn1. The topological polar surface area (TPSA) is 81.7 Å². The summed E-state index contributed by atoms with van der Waals surface area (Å²) in [7, 11) is 0. The van der Waals surface area contributed by atoms with E-state index >= 15 is 0 Å². The third-order valence-electron chi connectivity index (χ3n) is 3.59. The summed E-state index contributed by atoms with van der Waals surface area (Å²) in [4.78, 5) is 14.3. The van der Waals surface area contributed by atoms with Crippen LogP contribution in [0, 0.1) is 0 Å². The quantitative estimate of drug-likeness (QED) is 0.781. The van der Waals surface area contributed by atoms with Crippen molar-refractivity contribution in [1.29, 1.82) is 0 Å². The molecule has 0 N–H and O–H groups in total. The van der Waals surface area contributed by atoms with Gasteiger partial charge in [-0.2, -0.15) is 5.10 Å². The van der Waals surface area contributed by atoms with E-state index in [1.165, 1.54) is 11.0 Å². The molecule has 3 heterocycles. The van der Waals surface area contributed by atoms with E-state index in [2.05, 4.69) is 20.6 Å². The van der Waals surface area contributed by atoms with Crippen LogP contribution in [0.25, 0.3) is 0 Å². The Morgan fingerprint density at radius 3 is 3.00 bits per heavy atom. The molecule has 1 fully saturated rings. The van der Waals surface area contributed by atoms with Crippen LogP contribution in [0.3, 0.4) is 0 Å². The highest BCUT2D eigenvalue weighted by molar-refractivity contribution is 5.76. The Morgan fingerprint density at radius 2 is 2.25 bits per heavy atom. The van der Waals surface area contributed by atoms with Gasteiger partial charge in [-0.3, -0.25) is 9.48 Å². The van der Waals surface area contributed by atoms with Crippen LogP contribution in [-0.2, 0) is 17.9 Å². The number of nitrogens with zero attached hydrogens (tertiary/aromatic N) is 7. The summed E-state index contributed by atoms with van der Waals surface area (Å²) in [6.45, 7) is 1.74. The van der Waals surface area contributed by atoms with E-state index in [1.807, 2.05) is 21.8 Å². The molecule has 8 nitrogen and oxygen atoms in total. The first kappa shape index (κ1) is 12.8. The van der Waals surface area contributed by atoms with Gasteiger partial charge in [0.25, 0.3) is 0 Å². The van der Waals surface area contributed by atoms with E-state index in [1.54, 1.807) is 6.20 Å². The molecular formula is C12H17N7O. The number of carbonyl (C=O) groups is 1. The molecule has 0 spiro atoms. The summed E-state index contributed by atoms with van der Waals surface area (Å²) in [5, 5.41) is 15.1. The normalized spacial score (nSPS) is 19.2. The van der Waals surface area contributed by atoms with Gasteiger partial charge in [0.15, 0.2) is 0 Å². The van der Waals surface area contributed by atoms with Gasteiger partial charge in [-0.05, 0) is 35.8 Å². The van der Waals surface area contributed by atoms with Crippen LogP contribution in [0.1, 0.15) is 19.3 Å². The molecule has 106 valence electrons. The highest BCUT2D eigenvalue weighted by atomic mass is 16.2. The number of carbonyl (C=O) groups excluding carboxylic acids is 1. The molecule has 0 bridgehead atoms. The molecule has 0 radical (unpaired) electrons. The summed E-state index contributed by atoms with van der Waals surface area (Å²) < 4.78 is 3.34. The molecule has 2 aromatic rings. The number of hydrogen-bond donors (Lipinski definition) is 0. The second kappa shape index (κ2) is 5.81. The maximum Gasteiger partial charge on any atom is 0.244 e. The summed E-state index contributed by atoms with van der Waals surface area (Å²) in [6, 6.07) is 2.10. The van der Waals surface area contributed by atoms with Crippen molar-refractivity contribution >= 4 is 5.91 Å². The Kier molecular flexibility index (Phi) is 3.71. The van der Waals surface area contributed by atoms with E-state index in [0.29, 0.717) is 0 Å². The van der Waals surface area contributed by atoms with Crippen molar-refractivity contribution in [3.8, 4) is 0 Å². The standard InChI is InChI=1S/C12H17N7O/c20-12(9-18-10-13-15-16-18)19-7-2-1-4-11(19)8-17-6-3-5-14-17/h3,5-6,10-11H,1-2,4,7-9H2/t11-/m1/s1. The van der Waals surface area contributed by atoms with E-state index in [-0.39, 0.29) is 18.5 Å². The number of piperidine rings is 1. The van der Waals surface area contributed by atoms with Crippen molar-refractivity contribution in [2.24, 2.45) is 0 Å². The molecule has 1 atom stereocenters. The van der Waals surface area contributed by atoms with Crippen molar-refractivity contribution in [3.05, 3.63) is 24.8 Å². The summed E-state index contributed by atoms with van der Waals surface area (Å²) in [5.41, 5.74) is 0. The summed E-state index contributed by atoms with van der Waals surface area (Å²) >= 11 is 0. The highest BCUT2D eigenvalue weighted by Gasteiger charge is 2.27. The van der Waals surface area contributed by atoms with Crippen LogP contribution in [-0.4, -0.2) is 53.4 Å². The van der Waals surface area contributed by atoms with Crippen LogP contribution in [0.15, 0.2) is 24.8 Å². The molecular weight excluding hydrogens is 258 g/mol. The molecule has 0 aliphatic carbocycles. The first-order valence-electron chi connectivity index (χ1n) is 6.80. The molecule has 2 aromatic heterocycles. The second-order valence-electron chi connectivity index (χ2n) is 4.97. The number of rotatable bonds is 4. The number of tetrazole rings is 1. The number of aromatic nitrogens is 6. The molecule has 20 heavy (non-hydrogen) atoms. The third kappa shape index (κ3) is 2.84. The molecule has 0 aromatic carbocycles. The molecule has 1 aliphatic rings. The van der Waals surface area contributed by atoms with Gasteiger partial charge in [0.2, 0.25) is 5.91 Å². The van der Waals surface area contributed by atoms with E-state index in [0.717, 1.165) is 32.4 Å². The predicted molar refractivity (Wildman–Crippen MR) is 69.4 cm³/mol. The minimum Gasteiger partial charge on any atom is -0.336 e. The minimum absolute atomic E-state index is 0.0640. The average Bonchev–Trinajstić information content (AvgIpc) is 3.13. The molecule has 8 heteroatoms. The monoisotopic (exact) mass is 275 g/mol. The average molecular weight is 275 g/mol. The third-order valence-corrected chi connectivity index (χ3v) is 3.59. The predicted octanol–water partition coefficient (Wildman–Crippen LogP) is -0.0491. The lowest BCUT2D eigenvalue weighted by molar-refractivity contribution is -0.136. The zero-order valence-corrected chi connectivity index (χ0v) is 11.2. The van der Waals surface area contributed by atoms with Gasteiger partial charge in [0.05, 0.1) is 12.6 Å². The molecule has 1 aliphatic heterocycles. The smallest absolute Gasteiger partial charge is 0.244 e. The zero-order chi connectivity index (χ0) is 13.8. The van der Waals surface area contributed by atoms with E-state index < -0.39 is 0 Å². The van der Waals surface area contributed by atoms with Crippen molar-refractivity contribution in [2.75, 3.05) is 6.54 Å².